The van der Waals surface area contributed by atoms with Crippen LogP contribution in [0.5, 0.6) is 0 Å². The normalized spacial score (nSPS) is 14.3. The first-order valence-electron chi connectivity index (χ1n) is 9.47. The highest BCUT2D eigenvalue weighted by atomic mass is 35.5. The van der Waals surface area contributed by atoms with Gasteiger partial charge in [0.15, 0.2) is 0 Å². The first-order valence-corrected chi connectivity index (χ1v) is 10.7. The van der Waals surface area contributed by atoms with Crippen LogP contribution < -0.4 is 5.73 Å². The molecule has 0 unspecified atom stereocenters. The topological polar surface area (TPSA) is 95.5 Å². The molecule has 0 amide bonds. The molecule has 30 heavy (non-hydrogen) atoms. The minimum absolute atomic E-state index is 0.0179. The number of esters is 1. The van der Waals surface area contributed by atoms with Crippen LogP contribution in [0.25, 0.3) is 21.6 Å². The lowest BCUT2D eigenvalue weighted by atomic mass is 9.93. The number of ether oxygens (including phenoxy) is 1. The number of benzene rings is 2. The maximum Gasteiger partial charge on any atom is 0.316 e. The summed E-state index contributed by atoms with van der Waals surface area (Å²) in [5.41, 5.74) is 8.61. The van der Waals surface area contributed by atoms with Crippen LogP contribution in [0.15, 0.2) is 48.5 Å². The summed E-state index contributed by atoms with van der Waals surface area (Å²) < 4.78 is 5.74. The fourth-order valence-electron chi connectivity index (χ4n) is 3.64. The van der Waals surface area contributed by atoms with E-state index in [1.165, 1.54) is 17.4 Å². The number of nitrogens with zero attached hydrogens (tertiary/aromatic N) is 1. The van der Waals surface area contributed by atoms with E-state index in [-0.39, 0.29) is 11.7 Å². The second-order valence-corrected chi connectivity index (χ2v) is 8.89. The molecule has 1 aliphatic rings. The molecular weight excluding hydrogens is 424 g/mol. The van der Waals surface area contributed by atoms with Gasteiger partial charge in [-0.1, -0.05) is 41.9 Å². The number of nitro groups is 1. The van der Waals surface area contributed by atoms with Crippen LogP contribution >= 0.6 is 22.9 Å². The summed E-state index contributed by atoms with van der Waals surface area (Å²) in [6.45, 7) is 2.13. The Morgan fingerprint density at radius 1 is 1.20 bits per heavy atom. The Balaban J connectivity index is 1.69. The molecular formula is C22H19ClN2O4S. The van der Waals surface area contributed by atoms with Crippen molar-refractivity contribution in [1.82, 2.24) is 0 Å². The second-order valence-electron chi connectivity index (χ2n) is 7.20. The van der Waals surface area contributed by atoms with E-state index in [2.05, 4.69) is 0 Å². The lowest BCUT2D eigenvalue weighted by Gasteiger charge is -2.15. The molecule has 0 radical (unpaired) electrons. The molecule has 0 saturated heterocycles. The number of halogens is 1. The zero-order valence-electron chi connectivity index (χ0n) is 16.2. The van der Waals surface area contributed by atoms with Gasteiger partial charge in [-0.25, -0.2) is 0 Å². The van der Waals surface area contributed by atoms with E-state index in [4.69, 9.17) is 22.1 Å². The van der Waals surface area contributed by atoms with Crippen LogP contribution in [0.2, 0.25) is 4.34 Å². The lowest BCUT2D eigenvalue weighted by molar-refractivity contribution is -0.384. The molecule has 6 nitrogen and oxygen atoms in total. The summed E-state index contributed by atoms with van der Waals surface area (Å²) in [4.78, 5) is 24.4. The highest BCUT2D eigenvalue weighted by Crippen LogP contribution is 2.49. The average molecular weight is 443 g/mol. The smallest absolute Gasteiger partial charge is 0.316 e. The molecule has 0 aliphatic heterocycles. The number of anilines is 1. The summed E-state index contributed by atoms with van der Waals surface area (Å²) in [6, 6.07) is 14.0. The van der Waals surface area contributed by atoms with Gasteiger partial charge in [0, 0.05) is 11.6 Å². The van der Waals surface area contributed by atoms with Crippen LogP contribution in [0.1, 0.15) is 25.3 Å². The third-order valence-corrected chi connectivity index (χ3v) is 6.68. The van der Waals surface area contributed by atoms with Crippen molar-refractivity contribution in [3.8, 4) is 21.6 Å². The minimum Gasteiger partial charge on any atom is -0.465 e. The lowest BCUT2D eigenvalue weighted by Crippen LogP contribution is -2.23. The van der Waals surface area contributed by atoms with Gasteiger partial charge >= 0.3 is 5.97 Å². The van der Waals surface area contributed by atoms with Crippen LogP contribution in [0, 0.1) is 10.1 Å². The molecule has 3 aromatic rings. The number of carbonyl (C=O) groups is 1. The molecule has 1 aliphatic carbocycles. The van der Waals surface area contributed by atoms with Gasteiger partial charge in [-0.3, -0.25) is 14.9 Å². The quantitative estimate of drug-likeness (QED) is 0.294. The average Bonchev–Trinajstić information content (AvgIpc) is 3.47. The summed E-state index contributed by atoms with van der Waals surface area (Å²) in [6.07, 6.45) is 1.51. The molecule has 1 saturated carbocycles. The number of nitrogens with two attached hydrogens (primary N) is 1. The van der Waals surface area contributed by atoms with Crippen molar-refractivity contribution < 1.29 is 14.5 Å². The molecule has 1 aromatic heterocycles. The maximum atomic E-state index is 12.3. The van der Waals surface area contributed by atoms with Crippen molar-refractivity contribution in [2.45, 2.75) is 25.2 Å². The van der Waals surface area contributed by atoms with E-state index in [0.717, 1.165) is 18.4 Å². The summed E-state index contributed by atoms with van der Waals surface area (Å²) in [5, 5.41) is 11.8. The summed E-state index contributed by atoms with van der Waals surface area (Å²) >= 11 is 7.30. The number of rotatable bonds is 6. The van der Waals surface area contributed by atoms with Gasteiger partial charge in [0.1, 0.15) is 0 Å². The Morgan fingerprint density at radius 2 is 1.87 bits per heavy atom. The number of hydrogen-bond donors (Lipinski definition) is 1. The number of carbonyl (C=O) groups excluding carboxylic acids is 1. The van der Waals surface area contributed by atoms with Gasteiger partial charge in [0.05, 0.1) is 37.4 Å². The van der Waals surface area contributed by atoms with Gasteiger partial charge in [-0.15, -0.1) is 11.3 Å². The predicted molar refractivity (Wildman–Crippen MR) is 119 cm³/mol. The van der Waals surface area contributed by atoms with Gasteiger partial charge in [0.2, 0.25) is 0 Å². The Morgan fingerprint density at radius 3 is 2.40 bits per heavy atom. The first kappa shape index (κ1) is 20.4. The number of nitrogen functional groups attached to an aromatic ring is 1. The second kappa shape index (κ2) is 7.74. The fraction of sp³-hybridized carbons (Fsp3) is 0.227. The van der Waals surface area contributed by atoms with Gasteiger partial charge in [0.25, 0.3) is 5.69 Å². The number of hydrogen-bond acceptors (Lipinski definition) is 6. The Kier molecular flexibility index (Phi) is 5.26. The van der Waals surface area contributed by atoms with Gasteiger partial charge < -0.3 is 10.5 Å². The monoisotopic (exact) mass is 442 g/mol. The van der Waals surface area contributed by atoms with Crippen molar-refractivity contribution >= 4 is 40.3 Å². The largest absolute Gasteiger partial charge is 0.465 e. The van der Waals surface area contributed by atoms with Crippen molar-refractivity contribution in [2.24, 2.45) is 0 Å². The zero-order valence-corrected chi connectivity index (χ0v) is 17.8. The third-order valence-electron chi connectivity index (χ3n) is 5.35. The molecule has 4 rings (SSSR count). The molecule has 0 atom stereocenters. The maximum absolute atomic E-state index is 12.3. The van der Waals surface area contributed by atoms with Crippen LogP contribution in [0.4, 0.5) is 11.4 Å². The SMILES string of the molecule is CCOC(=O)C1(c2ccc(-c3ccc(-c4sc(Cl)cc4N)cc3[N+](=O)[O-])cc2)CC1. The molecule has 1 heterocycles. The zero-order chi connectivity index (χ0) is 21.5. The fourth-order valence-corrected chi connectivity index (χ4v) is 4.79. The molecule has 2 N–H and O–H groups in total. The van der Waals surface area contributed by atoms with Gasteiger partial charge in [-0.2, -0.15) is 0 Å². The van der Waals surface area contributed by atoms with Crippen molar-refractivity contribution in [3.63, 3.8) is 0 Å². The molecule has 154 valence electrons. The molecule has 8 heteroatoms. The van der Waals surface area contributed by atoms with E-state index < -0.39 is 10.3 Å². The predicted octanol–water partition coefficient (Wildman–Crippen LogP) is 5.82. The van der Waals surface area contributed by atoms with Crippen molar-refractivity contribution in [2.75, 3.05) is 12.3 Å². The van der Waals surface area contributed by atoms with E-state index in [1.807, 2.05) is 24.3 Å². The number of nitro benzene ring substituents is 1. The minimum atomic E-state index is -0.569. The Bertz CT molecular complexity index is 1140. The first-order chi connectivity index (χ1) is 14.4. The summed E-state index contributed by atoms with van der Waals surface area (Å²) in [7, 11) is 0. The third kappa shape index (κ3) is 3.55. The van der Waals surface area contributed by atoms with Crippen molar-refractivity contribution in [1.29, 1.82) is 0 Å². The Hall–Kier alpha value is -2.90. The highest BCUT2D eigenvalue weighted by molar-refractivity contribution is 7.20. The van der Waals surface area contributed by atoms with Crippen LogP contribution in [-0.2, 0) is 14.9 Å². The van der Waals surface area contributed by atoms with Crippen LogP contribution in [0.3, 0.4) is 0 Å². The Labute approximate surface area is 182 Å². The molecule has 0 spiro atoms. The highest BCUT2D eigenvalue weighted by Gasteiger charge is 2.52. The van der Waals surface area contributed by atoms with E-state index in [9.17, 15) is 14.9 Å². The van der Waals surface area contributed by atoms with E-state index >= 15 is 0 Å². The summed E-state index contributed by atoms with van der Waals surface area (Å²) in [5.74, 6) is -0.208. The standard InChI is InChI=1S/C22H19ClN2O4S/c1-2-29-21(26)22(9-10-22)15-6-3-13(4-7-15)16-8-5-14(11-18(16)25(27)28)20-17(24)12-19(23)30-20/h3-8,11-12H,2,9-10,24H2,1H3. The van der Waals surface area contributed by atoms with E-state index in [1.54, 1.807) is 25.1 Å². The van der Waals surface area contributed by atoms with Gasteiger partial charge in [-0.05, 0) is 43.0 Å². The van der Waals surface area contributed by atoms with E-state index in [0.29, 0.717) is 38.2 Å². The van der Waals surface area contributed by atoms with Crippen LogP contribution in [-0.4, -0.2) is 17.5 Å². The molecule has 1 fully saturated rings. The molecule has 0 bridgehead atoms. The molecule has 2 aromatic carbocycles. The number of thiophene rings is 1. The van der Waals surface area contributed by atoms with Crippen molar-refractivity contribution in [3.05, 3.63) is 68.5 Å².